The van der Waals surface area contributed by atoms with Gasteiger partial charge in [0.1, 0.15) is 0 Å². The molecule has 1 aromatic carbocycles. The summed E-state index contributed by atoms with van der Waals surface area (Å²) in [6.07, 6.45) is 2.12. The highest BCUT2D eigenvalue weighted by Gasteiger charge is 1.97. The minimum atomic E-state index is -0.148. The van der Waals surface area contributed by atoms with Crippen molar-refractivity contribution in [3.8, 4) is 0 Å². The van der Waals surface area contributed by atoms with E-state index in [0.717, 1.165) is 6.42 Å². The van der Waals surface area contributed by atoms with E-state index in [2.05, 4.69) is 46.8 Å². The molecule has 3 heteroatoms. The van der Waals surface area contributed by atoms with Gasteiger partial charge in [-0.15, -0.1) is 5.73 Å². The molecule has 0 aliphatic carbocycles. The second-order valence-electron chi connectivity index (χ2n) is 3.95. The molecule has 0 unspecified atom stereocenters. The molecule has 0 spiro atoms. The molecule has 0 aliphatic heterocycles. The molecular weight excluding hydrogens is 212 g/mol. The zero-order chi connectivity index (χ0) is 12.7. The lowest BCUT2D eigenvalue weighted by Crippen LogP contribution is -2.23. The maximum Gasteiger partial charge on any atom is 0.251 e. The fourth-order valence-corrected chi connectivity index (χ4v) is 1.43. The maximum absolute atomic E-state index is 11.1. The van der Waals surface area contributed by atoms with Crippen molar-refractivity contribution in [1.29, 1.82) is 0 Å². The molecule has 1 rings (SSSR count). The SMILES string of the molecule is C=C=CC(=O)NCCc1ccc(N(C)C)cc1. The standard InChI is InChI=1S/C14H18N2O/c1-4-5-14(17)15-11-10-12-6-8-13(9-7-12)16(2)3/h5-9H,1,10-11H2,2-3H3,(H,15,17). The molecular formula is C14H18N2O. The fraction of sp³-hybridized carbons (Fsp3) is 0.286. The van der Waals surface area contributed by atoms with Gasteiger partial charge in [0.05, 0.1) is 0 Å². The van der Waals surface area contributed by atoms with Gasteiger partial charge < -0.3 is 10.2 Å². The number of rotatable bonds is 5. The number of hydrogen-bond acceptors (Lipinski definition) is 2. The molecule has 3 nitrogen and oxygen atoms in total. The van der Waals surface area contributed by atoms with Crippen molar-refractivity contribution >= 4 is 11.6 Å². The van der Waals surface area contributed by atoms with Gasteiger partial charge in [0.25, 0.3) is 5.91 Å². The summed E-state index contributed by atoms with van der Waals surface area (Å²) in [5.41, 5.74) is 4.82. The van der Waals surface area contributed by atoms with E-state index in [1.807, 2.05) is 14.1 Å². The summed E-state index contributed by atoms with van der Waals surface area (Å²) in [5.74, 6) is -0.148. The van der Waals surface area contributed by atoms with Gasteiger partial charge in [-0.25, -0.2) is 0 Å². The number of benzene rings is 1. The van der Waals surface area contributed by atoms with E-state index in [4.69, 9.17) is 0 Å². The van der Waals surface area contributed by atoms with Crippen molar-refractivity contribution in [2.45, 2.75) is 6.42 Å². The number of nitrogens with one attached hydrogen (secondary N) is 1. The molecule has 1 amide bonds. The number of carbonyl (C=O) groups excluding carboxylic acids is 1. The summed E-state index contributed by atoms with van der Waals surface area (Å²) in [6.45, 7) is 3.97. The van der Waals surface area contributed by atoms with Gasteiger partial charge in [-0.1, -0.05) is 18.7 Å². The van der Waals surface area contributed by atoms with E-state index in [9.17, 15) is 4.79 Å². The monoisotopic (exact) mass is 230 g/mol. The topological polar surface area (TPSA) is 32.3 Å². The van der Waals surface area contributed by atoms with Crippen LogP contribution in [0.5, 0.6) is 0 Å². The Labute approximate surface area is 102 Å². The molecule has 0 saturated carbocycles. The predicted octanol–water partition coefficient (Wildman–Crippen LogP) is 1.75. The van der Waals surface area contributed by atoms with Crippen molar-refractivity contribution in [3.63, 3.8) is 0 Å². The normalized spacial score (nSPS) is 9.29. The van der Waals surface area contributed by atoms with Crippen LogP contribution in [0.2, 0.25) is 0 Å². The van der Waals surface area contributed by atoms with Crippen LogP contribution in [0.4, 0.5) is 5.69 Å². The summed E-state index contributed by atoms with van der Waals surface area (Å²) < 4.78 is 0. The molecule has 1 aromatic rings. The van der Waals surface area contributed by atoms with Gasteiger partial charge in [0, 0.05) is 32.4 Å². The Morgan fingerprint density at radius 2 is 2.06 bits per heavy atom. The van der Waals surface area contributed by atoms with Crippen LogP contribution in [-0.2, 0) is 11.2 Å². The molecule has 0 saturated heterocycles. The van der Waals surface area contributed by atoms with Gasteiger partial charge in [0.15, 0.2) is 0 Å². The number of hydrogen-bond donors (Lipinski definition) is 1. The average Bonchev–Trinajstić information content (AvgIpc) is 2.30. The molecule has 0 radical (unpaired) electrons. The summed E-state index contributed by atoms with van der Waals surface area (Å²) in [5, 5.41) is 2.76. The number of nitrogens with zero attached hydrogens (tertiary/aromatic N) is 1. The van der Waals surface area contributed by atoms with Crippen molar-refractivity contribution in [2.24, 2.45) is 0 Å². The molecule has 0 atom stereocenters. The van der Waals surface area contributed by atoms with Gasteiger partial charge in [-0.05, 0) is 24.1 Å². The Bertz CT molecular complexity index is 414. The zero-order valence-corrected chi connectivity index (χ0v) is 10.4. The fourth-order valence-electron chi connectivity index (χ4n) is 1.43. The average molecular weight is 230 g/mol. The lowest BCUT2D eigenvalue weighted by molar-refractivity contribution is -0.116. The molecule has 17 heavy (non-hydrogen) atoms. The predicted molar refractivity (Wildman–Crippen MR) is 71.2 cm³/mol. The second kappa shape index (κ2) is 6.56. The summed E-state index contributed by atoms with van der Waals surface area (Å²) in [7, 11) is 4.02. The number of carbonyl (C=O) groups is 1. The quantitative estimate of drug-likeness (QED) is 0.617. The smallest absolute Gasteiger partial charge is 0.251 e. The van der Waals surface area contributed by atoms with Crippen LogP contribution in [0.25, 0.3) is 0 Å². The minimum Gasteiger partial charge on any atom is -0.378 e. The van der Waals surface area contributed by atoms with Crippen molar-refractivity contribution in [2.75, 3.05) is 25.5 Å². The van der Waals surface area contributed by atoms with Crippen LogP contribution in [-0.4, -0.2) is 26.5 Å². The summed E-state index contributed by atoms with van der Waals surface area (Å²) in [6, 6.07) is 8.29. The van der Waals surface area contributed by atoms with Crippen molar-refractivity contribution in [3.05, 3.63) is 48.2 Å². The highest BCUT2D eigenvalue weighted by Crippen LogP contribution is 2.12. The van der Waals surface area contributed by atoms with Crippen LogP contribution in [0.15, 0.2) is 42.7 Å². The highest BCUT2D eigenvalue weighted by molar-refractivity contribution is 5.87. The Kier molecular flexibility index (Phi) is 5.05. The molecule has 0 heterocycles. The van der Waals surface area contributed by atoms with E-state index < -0.39 is 0 Å². The first-order chi connectivity index (χ1) is 8.13. The molecule has 90 valence electrons. The van der Waals surface area contributed by atoms with Crippen molar-refractivity contribution < 1.29 is 4.79 Å². The molecule has 0 aromatic heterocycles. The second-order valence-corrected chi connectivity index (χ2v) is 3.95. The van der Waals surface area contributed by atoms with Crippen LogP contribution in [0.3, 0.4) is 0 Å². The molecule has 1 N–H and O–H groups in total. The van der Waals surface area contributed by atoms with E-state index in [0.29, 0.717) is 6.54 Å². The van der Waals surface area contributed by atoms with E-state index in [-0.39, 0.29) is 5.91 Å². The molecule has 0 fully saturated rings. The largest absolute Gasteiger partial charge is 0.378 e. The third kappa shape index (κ3) is 4.58. The Hall–Kier alpha value is -1.99. The van der Waals surface area contributed by atoms with Gasteiger partial charge in [0.2, 0.25) is 0 Å². The van der Waals surface area contributed by atoms with Crippen LogP contribution in [0, 0.1) is 0 Å². The van der Waals surface area contributed by atoms with Crippen LogP contribution in [0.1, 0.15) is 5.56 Å². The first kappa shape index (κ1) is 13.1. The van der Waals surface area contributed by atoms with Gasteiger partial charge in [-0.3, -0.25) is 4.79 Å². The summed E-state index contributed by atoms with van der Waals surface area (Å²) >= 11 is 0. The van der Waals surface area contributed by atoms with Gasteiger partial charge in [-0.2, -0.15) is 0 Å². The third-order valence-electron chi connectivity index (χ3n) is 2.40. The van der Waals surface area contributed by atoms with E-state index in [1.54, 1.807) is 0 Å². The lowest BCUT2D eigenvalue weighted by atomic mass is 10.1. The highest BCUT2D eigenvalue weighted by atomic mass is 16.1. The molecule has 0 aliphatic rings. The number of amides is 1. The van der Waals surface area contributed by atoms with E-state index in [1.165, 1.54) is 17.3 Å². The first-order valence-corrected chi connectivity index (χ1v) is 5.53. The van der Waals surface area contributed by atoms with Crippen LogP contribution < -0.4 is 10.2 Å². The van der Waals surface area contributed by atoms with E-state index >= 15 is 0 Å². The lowest BCUT2D eigenvalue weighted by Gasteiger charge is -2.12. The molecule has 0 bridgehead atoms. The Balaban J connectivity index is 2.42. The maximum atomic E-state index is 11.1. The summed E-state index contributed by atoms with van der Waals surface area (Å²) in [4.78, 5) is 13.2. The Morgan fingerprint density at radius 1 is 1.41 bits per heavy atom. The minimum absolute atomic E-state index is 0.148. The van der Waals surface area contributed by atoms with Crippen LogP contribution >= 0.6 is 0 Å². The Morgan fingerprint density at radius 3 is 2.59 bits per heavy atom. The zero-order valence-electron chi connectivity index (χ0n) is 10.4. The number of anilines is 1. The van der Waals surface area contributed by atoms with Gasteiger partial charge >= 0.3 is 0 Å². The third-order valence-corrected chi connectivity index (χ3v) is 2.40. The first-order valence-electron chi connectivity index (χ1n) is 5.53. The van der Waals surface area contributed by atoms with Crippen molar-refractivity contribution in [1.82, 2.24) is 5.32 Å².